The summed E-state index contributed by atoms with van der Waals surface area (Å²) in [4.78, 5) is 2.14. The Balaban J connectivity index is 2.03. The first-order valence-electron chi connectivity index (χ1n) is 6.78. The van der Waals surface area contributed by atoms with Crippen LogP contribution in [0.5, 0.6) is 0 Å². The van der Waals surface area contributed by atoms with E-state index >= 15 is 0 Å². The van der Waals surface area contributed by atoms with E-state index in [-0.39, 0.29) is 0 Å². The van der Waals surface area contributed by atoms with Crippen molar-refractivity contribution >= 4 is 12.6 Å². The van der Waals surface area contributed by atoms with Crippen molar-refractivity contribution in [2.45, 2.75) is 39.0 Å². The fourth-order valence-corrected chi connectivity index (χ4v) is 2.89. The van der Waals surface area contributed by atoms with Crippen molar-refractivity contribution < 1.29 is 13.2 Å². The third-order valence-corrected chi connectivity index (χ3v) is 4.07. The quantitative estimate of drug-likeness (QED) is 0.849. The van der Waals surface area contributed by atoms with Crippen molar-refractivity contribution in [1.82, 2.24) is 19.7 Å². The van der Waals surface area contributed by atoms with Crippen LogP contribution in [0.15, 0.2) is 0 Å². The number of rotatable bonds is 5. The standard InChI is InChI=1S/C12H19F3N4S/c1-2-3-9(8-20)6-18-4-5-19-10(7-18)16-17-11(19)12(13,14)15/h9,20H,2-8H2,1H3. The van der Waals surface area contributed by atoms with Crippen molar-refractivity contribution in [2.24, 2.45) is 5.92 Å². The van der Waals surface area contributed by atoms with Gasteiger partial charge < -0.3 is 4.57 Å². The SMILES string of the molecule is CCCC(CS)CN1CCn2c(nnc2C(F)(F)F)C1. The first-order valence-corrected chi connectivity index (χ1v) is 7.41. The average Bonchev–Trinajstić information content (AvgIpc) is 2.81. The van der Waals surface area contributed by atoms with E-state index < -0.39 is 12.0 Å². The zero-order valence-corrected chi connectivity index (χ0v) is 12.3. The minimum atomic E-state index is -4.43. The normalized spacial score (nSPS) is 18.1. The molecule has 0 radical (unpaired) electrons. The third kappa shape index (κ3) is 3.46. The zero-order valence-electron chi connectivity index (χ0n) is 11.4. The predicted molar refractivity (Wildman–Crippen MR) is 72.6 cm³/mol. The van der Waals surface area contributed by atoms with Gasteiger partial charge in [-0.1, -0.05) is 13.3 Å². The second-order valence-corrected chi connectivity index (χ2v) is 5.53. The van der Waals surface area contributed by atoms with Gasteiger partial charge in [0.15, 0.2) is 0 Å². The van der Waals surface area contributed by atoms with Crippen LogP contribution >= 0.6 is 12.6 Å². The van der Waals surface area contributed by atoms with Gasteiger partial charge in [0.2, 0.25) is 5.82 Å². The summed E-state index contributed by atoms with van der Waals surface area (Å²) in [5.41, 5.74) is 0. The van der Waals surface area contributed by atoms with E-state index in [1.165, 1.54) is 4.57 Å². The fourth-order valence-electron chi connectivity index (χ4n) is 2.59. The van der Waals surface area contributed by atoms with Crippen LogP contribution in [0.4, 0.5) is 13.2 Å². The summed E-state index contributed by atoms with van der Waals surface area (Å²) >= 11 is 4.34. The average molecular weight is 308 g/mol. The fraction of sp³-hybridized carbons (Fsp3) is 0.833. The molecule has 0 amide bonds. The zero-order chi connectivity index (χ0) is 14.8. The summed E-state index contributed by atoms with van der Waals surface area (Å²) in [6.07, 6.45) is -2.25. The van der Waals surface area contributed by atoms with E-state index in [0.29, 0.717) is 31.4 Å². The highest BCUT2D eigenvalue weighted by atomic mass is 32.1. The molecule has 114 valence electrons. The highest BCUT2D eigenvalue weighted by Crippen LogP contribution is 2.29. The van der Waals surface area contributed by atoms with Gasteiger partial charge >= 0.3 is 6.18 Å². The molecular weight excluding hydrogens is 289 g/mol. The number of hydrogen-bond donors (Lipinski definition) is 1. The van der Waals surface area contributed by atoms with Crippen molar-refractivity contribution in [1.29, 1.82) is 0 Å². The number of hydrogen-bond acceptors (Lipinski definition) is 4. The Bertz CT molecular complexity index is 446. The molecule has 0 fully saturated rings. The van der Waals surface area contributed by atoms with E-state index in [0.717, 1.165) is 25.1 Å². The lowest BCUT2D eigenvalue weighted by atomic mass is 10.1. The van der Waals surface area contributed by atoms with Gasteiger partial charge in [0.05, 0.1) is 6.54 Å². The lowest BCUT2D eigenvalue weighted by molar-refractivity contribution is -0.148. The highest BCUT2D eigenvalue weighted by molar-refractivity contribution is 7.80. The van der Waals surface area contributed by atoms with Crippen molar-refractivity contribution in [2.75, 3.05) is 18.8 Å². The molecule has 2 rings (SSSR count). The summed E-state index contributed by atoms with van der Waals surface area (Å²) in [6, 6.07) is 0. The van der Waals surface area contributed by atoms with Crippen LogP contribution in [-0.4, -0.2) is 38.5 Å². The van der Waals surface area contributed by atoms with E-state index in [1.54, 1.807) is 0 Å². The molecule has 1 aromatic heterocycles. The maximum absolute atomic E-state index is 12.7. The Morgan fingerprint density at radius 1 is 1.30 bits per heavy atom. The van der Waals surface area contributed by atoms with E-state index in [1.807, 2.05) is 0 Å². The third-order valence-electron chi connectivity index (χ3n) is 3.56. The number of aromatic nitrogens is 3. The predicted octanol–water partition coefficient (Wildman–Crippen LogP) is 2.46. The van der Waals surface area contributed by atoms with Crippen LogP contribution < -0.4 is 0 Å². The van der Waals surface area contributed by atoms with E-state index in [4.69, 9.17) is 0 Å². The molecule has 0 saturated heterocycles. The molecule has 0 N–H and O–H groups in total. The summed E-state index contributed by atoms with van der Waals surface area (Å²) < 4.78 is 39.4. The van der Waals surface area contributed by atoms with E-state index in [2.05, 4.69) is 34.6 Å². The van der Waals surface area contributed by atoms with Crippen LogP contribution in [0.25, 0.3) is 0 Å². The van der Waals surface area contributed by atoms with Crippen LogP contribution in [0.2, 0.25) is 0 Å². The topological polar surface area (TPSA) is 34.0 Å². The van der Waals surface area contributed by atoms with Gasteiger partial charge in [-0.3, -0.25) is 4.90 Å². The largest absolute Gasteiger partial charge is 0.451 e. The minimum absolute atomic E-state index is 0.294. The highest BCUT2D eigenvalue weighted by Gasteiger charge is 2.39. The first-order chi connectivity index (χ1) is 9.45. The maximum Gasteiger partial charge on any atom is 0.451 e. The van der Waals surface area contributed by atoms with Crippen LogP contribution in [-0.2, 0) is 19.3 Å². The summed E-state index contributed by atoms with van der Waals surface area (Å²) in [7, 11) is 0. The Hall–Kier alpha value is -0.760. The Labute approximate surface area is 121 Å². The van der Waals surface area contributed by atoms with Gasteiger partial charge in [-0.25, -0.2) is 0 Å². The van der Waals surface area contributed by atoms with Gasteiger partial charge in [0.1, 0.15) is 5.82 Å². The van der Waals surface area contributed by atoms with Gasteiger partial charge in [-0.05, 0) is 18.1 Å². The number of alkyl halides is 3. The second-order valence-electron chi connectivity index (χ2n) is 5.16. The van der Waals surface area contributed by atoms with Crippen molar-refractivity contribution in [3.05, 3.63) is 11.6 Å². The lowest BCUT2D eigenvalue weighted by Gasteiger charge is -2.30. The van der Waals surface area contributed by atoms with Gasteiger partial charge in [0, 0.05) is 19.6 Å². The Morgan fingerprint density at radius 3 is 2.65 bits per heavy atom. The summed E-state index contributed by atoms with van der Waals surface area (Å²) in [5.74, 6) is 0.787. The smallest absolute Gasteiger partial charge is 0.305 e. The number of thiol groups is 1. The van der Waals surface area contributed by atoms with Crippen LogP contribution in [0.3, 0.4) is 0 Å². The maximum atomic E-state index is 12.7. The first kappa shape index (κ1) is 15.6. The number of nitrogens with zero attached hydrogens (tertiary/aromatic N) is 4. The molecule has 0 aliphatic carbocycles. The molecule has 0 spiro atoms. The van der Waals surface area contributed by atoms with Crippen molar-refractivity contribution in [3.8, 4) is 0 Å². The number of halogens is 3. The molecule has 1 atom stereocenters. The number of fused-ring (bicyclic) bond motifs is 1. The molecule has 1 aliphatic rings. The van der Waals surface area contributed by atoms with Gasteiger partial charge in [-0.15, -0.1) is 10.2 Å². The van der Waals surface area contributed by atoms with E-state index in [9.17, 15) is 13.2 Å². The lowest BCUT2D eigenvalue weighted by Crippen LogP contribution is -2.38. The second kappa shape index (κ2) is 6.34. The summed E-state index contributed by atoms with van der Waals surface area (Å²) in [6.45, 7) is 4.30. The molecule has 1 unspecified atom stereocenters. The molecule has 0 saturated carbocycles. The molecular formula is C12H19F3N4S. The molecule has 1 aromatic rings. The molecule has 2 heterocycles. The Morgan fingerprint density at radius 2 is 2.05 bits per heavy atom. The molecule has 1 aliphatic heterocycles. The van der Waals surface area contributed by atoms with Crippen molar-refractivity contribution in [3.63, 3.8) is 0 Å². The van der Waals surface area contributed by atoms with Crippen LogP contribution in [0.1, 0.15) is 31.4 Å². The Kier molecular flexibility index (Phi) is 4.95. The molecule has 0 aromatic carbocycles. The molecule has 0 bridgehead atoms. The monoisotopic (exact) mass is 308 g/mol. The van der Waals surface area contributed by atoms with Crippen LogP contribution in [0, 0.1) is 5.92 Å². The summed E-state index contributed by atoms with van der Waals surface area (Å²) in [5, 5.41) is 6.97. The molecule has 8 heteroatoms. The molecule has 20 heavy (non-hydrogen) atoms. The van der Waals surface area contributed by atoms with Gasteiger partial charge in [-0.2, -0.15) is 25.8 Å². The van der Waals surface area contributed by atoms with Gasteiger partial charge in [0.25, 0.3) is 0 Å². The molecule has 4 nitrogen and oxygen atoms in total. The minimum Gasteiger partial charge on any atom is -0.305 e.